The maximum absolute atomic E-state index is 12.4. The first-order chi connectivity index (χ1) is 9.58. The number of amides is 2. The van der Waals surface area contributed by atoms with E-state index in [-0.39, 0.29) is 17.9 Å². The van der Waals surface area contributed by atoms with Crippen molar-refractivity contribution in [3.05, 3.63) is 35.9 Å². The molecule has 0 aliphatic carbocycles. The van der Waals surface area contributed by atoms with Crippen LogP contribution in [0.2, 0.25) is 0 Å². The first-order valence-electron chi connectivity index (χ1n) is 6.94. The Labute approximate surface area is 119 Å². The Balaban J connectivity index is 1.99. The number of nitrogens with two attached hydrogens (primary N) is 1. The van der Waals surface area contributed by atoms with Crippen molar-refractivity contribution in [3.63, 3.8) is 0 Å². The fourth-order valence-corrected chi connectivity index (χ4v) is 2.58. The molecular formula is C15H21N3O2. The number of nitrogens with one attached hydrogen (secondary N) is 1. The average Bonchev–Trinajstić information content (AvgIpc) is 2.46. The Morgan fingerprint density at radius 1 is 1.35 bits per heavy atom. The topological polar surface area (TPSA) is 75.4 Å². The Morgan fingerprint density at radius 3 is 2.70 bits per heavy atom. The average molecular weight is 275 g/mol. The van der Waals surface area contributed by atoms with E-state index in [1.807, 2.05) is 30.3 Å². The zero-order valence-corrected chi connectivity index (χ0v) is 11.7. The van der Waals surface area contributed by atoms with Crippen molar-refractivity contribution in [3.8, 4) is 0 Å². The molecule has 2 rings (SSSR count). The van der Waals surface area contributed by atoms with Crippen LogP contribution in [0, 0.1) is 0 Å². The number of nitrogens with zero attached hydrogens (tertiary/aromatic N) is 1. The molecule has 0 radical (unpaired) electrons. The van der Waals surface area contributed by atoms with Gasteiger partial charge >= 0.3 is 0 Å². The van der Waals surface area contributed by atoms with Crippen LogP contribution in [-0.2, 0) is 9.59 Å². The van der Waals surface area contributed by atoms with Crippen molar-refractivity contribution >= 4 is 11.8 Å². The van der Waals surface area contributed by atoms with E-state index in [4.69, 9.17) is 5.73 Å². The van der Waals surface area contributed by atoms with Gasteiger partial charge < -0.3 is 16.0 Å². The zero-order chi connectivity index (χ0) is 14.5. The van der Waals surface area contributed by atoms with Gasteiger partial charge in [0.25, 0.3) is 0 Å². The molecule has 2 atom stereocenters. The van der Waals surface area contributed by atoms with Crippen LogP contribution in [0.15, 0.2) is 30.3 Å². The first-order valence-corrected chi connectivity index (χ1v) is 6.94. The summed E-state index contributed by atoms with van der Waals surface area (Å²) in [6, 6.07) is 8.77. The highest BCUT2D eigenvalue weighted by Crippen LogP contribution is 2.17. The molecule has 0 saturated carbocycles. The monoisotopic (exact) mass is 275 g/mol. The molecule has 1 saturated heterocycles. The molecule has 0 aromatic heterocycles. The molecule has 0 bridgehead atoms. The summed E-state index contributed by atoms with van der Waals surface area (Å²) in [6.07, 6.45) is 1.79. The number of carbonyl (C=O) groups is 2. The van der Waals surface area contributed by atoms with Gasteiger partial charge in [-0.1, -0.05) is 30.3 Å². The molecule has 108 valence electrons. The highest BCUT2D eigenvalue weighted by atomic mass is 16.2. The minimum absolute atomic E-state index is 0.0353. The van der Waals surface area contributed by atoms with Gasteiger partial charge in [-0.2, -0.15) is 0 Å². The lowest BCUT2D eigenvalue weighted by atomic mass is 10.0. The largest absolute Gasteiger partial charge is 0.352 e. The minimum Gasteiger partial charge on any atom is -0.352 e. The Morgan fingerprint density at radius 2 is 2.05 bits per heavy atom. The molecule has 5 nitrogen and oxygen atoms in total. The summed E-state index contributed by atoms with van der Waals surface area (Å²) < 4.78 is 0. The number of carbonyl (C=O) groups excluding carboxylic acids is 2. The van der Waals surface area contributed by atoms with Gasteiger partial charge in [0.05, 0.1) is 0 Å². The number of piperidine rings is 1. The predicted octanol–water partition coefficient (Wildman–Crippen LogP) is 0.814. The van der Waals surface area contributed by atoms with Gasteiger partial charge in [0.2, 0.25) is 11.8 Å². The van der Waals surface area contributed by atoms with E-state index in [1.165, 1.54) is 6.92 Å². The second kappa shape index (κ2) is 6.52. The number of hydrogen-bond donors (Lipinski definition) is 2. The van der Waals surface area contributed by atoms with E-state index in [0.29, 0.717) is 13.1 Å². The summed E-state index contributed by atoms with van der Waals surface area (Å²) in [6.45, 7) is 2.74. The smallest absolute Gasteiger partial charge is 0.244 e. The lowest BCUT2D eigenvalue weighted by Gasteiger charge is -2.34. The van der Waals surface area contributed by atoms with Gasteiger partial charge in [-0.05, 0) is 18.4 Å². The van der Waals surface area contributed by atoms with E-state index < -0.39 is 6.04 Å². The molecule has 2 amide bonds. The zero-order valence-electron chi connectivity index (χ0n) is 11.7. The molecule has 1 fully saturated rings. The van der Waals surface area contributed by atoms with Crippen molar-refractivity contribution in [2.75, 3.05) is 13.1 Å². The van der Waals surface area contributed by atoms with E-state index in [1.54, 1.807) is 4.90 Å². The van der Waals surface area contributed by atoms with Gasteiger partial charge in [-0.15, -0.1) is 0 Å². The van der Waals surface area contributed by atoms with E-state index in [0.717, 1.165) is 18.4 Å². The Kier molecular flexibility index (Phi) is 4.74. The predicted molar refractivity (Wildman–Crippen MR) is 76.8 cm³/mol. The third-order valence-corrected chi connectivity index (χ3v) is 3.57. The van der Waals surface area contributed by atoms with Gasteiger partial charge in [-0.3, -0.25) is 9.59 Å². The number of benzene rings is 1. The standard InChI is InChI=1S/C15H21N3O2/c1-11(19)17-13-8-5-9-18(10-13)15(20)14(16)12-6-3-2-4-7-12/h2-4,6-7,13-14H,5,8-10,16H2,1H3,(H,17,19)/t13?,14-/m0/s1. The second-order valence-electron chi connectivity index (χ2n) is 5.21. The Bertz CT molecular complexity index is 475. The summed E-state index contributed by atoms with van der Waals surface area (Å²) in [4.78, 5) is 25.3. The van der Waals surface area contributed by atoms with Gasteiger partial charge in [-0.25, -0.2) is 0 Å². The van der Waals surface area contributed by atoms with Crippen molar-refractivity contribution in [2.24, 2.45) is 5.73 Å². The molecule has 3 N–H and O–H groups in total. The molecule has 20 heavy (non-hydrogen) atoms. The molecular weight excluding hydrogens is 254 g/mol. The van der Waals surface area contributed by atoms with Crippen molar-refractivity contribution < 1.29 is 9.59 Å². The summed E-state index contributed by atoms with van der Waals surface area (Å²) in [5, 5.41) is 2.87. The van der Waals surface area contributed by atoms with Gasteiger partial charge in [0, 0.05) is 26.1 Å². The van der Waals surface area contributed by atoms with Crippen molar-refractivity contribution in [2.45, 2.75) is 31.8 Å². The minimum atomic E-state index is -0.632. The normalized spacial score (nSPS) is 20.3. The van der Waals surface area contributed by atoms with Crippen LogP contribution < -0.4 is 11.1 Å². The summed E-state index contributed by atoms with van der Waals surface area (Å²) in [7, 11) is 0. The Hall–Kier alpha value is -1.88. The van der Waals surface area contributed by atoms with Crippen LogP contribution in [0.25, 0.3) is 0 Å². The molecule has 1 heterocycles. The van der Waals surface area contributed by atoms with Crippen LogP contribution in [0.1, 0.15) is 31.4 Å². The van der Waals surface area contributed by atoms with Crippen LogP contribution in [-0.4, -0.2) is 35.8 Å². The van der Waals surface area contributed by atoms with E-state index in [9.17, 15) is 9.59 Å². The van der Waals surface area contributed by atoms with Gasteiger partial charge in [0.1, 0.15) is 6.04 Å². The molecule has 1 aliphatic rings. The second-order valence-corrected chi connectivity index (χ2v) is 5.21. The van der Waals surface area contributed by atoms with Crippen LogP contribution >= 0.6 is 0 Å². The lowest BCUT2D eigenvalue weighted by molar-refractivity contribution is -0.134. The summed E-state index contributed by atoms with van der Waals surface area (Å²) in [5.74, 6) is -0.136. The number of hydrogen-bond acceptors (Lipinski definition) is 3. The van der Waals surface area contributed by atoms with Crippen molar-refractivity contribution in [1.82, 2.24) is 10.2 Å². The maximum atomic E-state index is 12.4. The highest BCUT2D eigenvalue weighted by Gasteiger charge is 2.27. The quantitative estimate of drug-likeness (QED) is 0.857. The molecule has 1 unspecified atom stereocenters. The van der Waals surface area contributed by atoms with E-state index >= 15 is 0 Å². The molecule has 1 aromatic rings. The summed E-state index contributed by atoms with van der Waals surface area (Å²) in [5.41, 5.74) is 6.86. The lowest BCUT2D eigenvalue weighted by Crippen LogP contribution is -2.51. The van der Waals surface area contributed by atoms with Crippen LogP contribution in [0.4, 0.5) is 0 Å². The van der Waals surface area contributed by atoms with Crippen LogP contribution in [0.3, 0.4) is 0 Å². The molecule has 1 aromatic carbocycles. The number of likely N-dealkylation sites (tertiary alicyclic amines) is 1. The molecule has 1 aliphatic heterocycles. The van der Waals surface area contributed by atoms with E-state index in [2.05, 4.69) is 5.32 Å². The third kappa shape index (κ3) is 3.57. The van der Waals surface area contributed by atoms with Gasteiger partial charge in [0.15, 0.2) is 0 Å². The maximum Gasteiger partial charge on any atom is 0.244 e. The number of rotatable bonds is 3. The first kappa shape index (κ1) is 14.5. The summed E-state index contributed by atoms with van der Waals surface area (Å²) >= 11 is 0. The highest BCUT2D eigenvalue weighted by molar-refractivity contribution is 5.83. The third-order valence-electron chi connectivity index (χ3n) is 3.57. The van der Waals surface area contributed by atoms with Crippen molar-refractivity contribution in [1.29, 1.82) is 0 Å². The fourth-order valence-electron chi connectivity index (χ4n) is 2.58. The molecule has 0 spiro atoms. The molecule has 5 heteroatoms. The fraction of sp³-hybridized carbons (Fsp3) is 0.467. The SMILES string of the molecule is CC(=O)NC1CCCN(C(=O)[C@@H](N)c2ccccc2)C1. The van der Waals surface area contributed by atoms with Crippen LogP contribution in [0.5, 0.6) is 0 Å².